The van der Waals surface area contributed by atoms with Crippen molar-refractivity contribution in [2.45, 2.75) is 20.4 Å². The van der Waals surface area contributed by atoms with Gasteiger partial charge < -0.3 is 4.90 Å². The summed E-state index contributed by atoms with van der Waals surface area (Å²) >= 11 is 5.97. The molecule has 0 spiro atoms. The molecule has 0 fully saturated rings. The fraction of sp³-hybridized carbons (Fsp3) is 0.176. The highest BCUT2D eigenvalue weighted by Gasteiger charge is 2.18. The van der Waals surface area contributed by atoms with Crippen molar-refractivity contribution in [2.24, 2.45) is 0 Å². The Kier molecular flexibility index (Phi) is 3.52. The van der Waals surface area contributed by atoms with E-state index in [1.165, 1.54) is 0 Å². The van der Waals surface area contributed by atoms with E-state index in [0.717, 1.165) is 27.9 Å². The van der Waals surface area contributed by atoms with Gasteiger partial charge in [0.25, 0.3) is 0 Å². The number of benzene rings is 1. The Morgan fingerprint density at radius 1 is 1.24 bits per heavy atom. The highest BCUT2D eigenvalue weighted by molar-refractivity contribution is 6.29. The zero-order valence-corrected chi connectivity index (χ0v) is 12.7. The maximum absolute atomic E-state index is 12.0. The van der Waals surface area contributed by atoms with Gasteiger partial charge in [-0.25, -0.2) is 4.98 Å². The zero-order chi connectivity index (χ0) is 15.0. The van der Waals surface area contributed by atoms with Crippen molar-refractivity contribution in [1.82, 2.24) is 4.98 Å². The molecule has 0 saturated carbocycles. The number of nitrogens with zero attached hydrogens (tertiary/aromatic N) is 2. The van der Waals surface area contributed by atoms with Crippen LogP contribution in [0.3, 0.4) is 0 Å². The van der Waals surface area contributed by atoms with Gasteiger partial charge in [0.05, 0.1) is 12.2 Å². The molecule has 21 heavy (non-hydrogen) atoms. The third-order valence-corrected chi connectivity index (χ3v) is 3.82. The monoisotopic (exact) mass is 298 g/mol. The molecule has 2 heterocycles. The molecule has 0 aliphatic carbocycles. The maximum atomic E-state index is 12.0. The predicted octanol–water partition coefficient (Wildman–Crippen LogP) is 4.08. The van der Waals surface area contributed by atoms with E-state index in [2.05, 4.69) is 11.1 Å². The van der Waals surface area contributed by atoms with Gasteiger partial charge >= 0.3 is 0 Å². The van der Waals surface area contributed by atoms with Crippen molar-refractivity contribution in [2.75, 3.05) is 4.90 Å². The fourth-order valence-electron chi connectivity index (χ4n) is 2.53. The lowest BCUT2D eigenvalue weighted by molar-refractivity contribution is -0.116. The summed E-state index contributed by atoms with van der Waals surface area (Å²) in [4.78, 5) is 17.9. The number of anilines is 1. The van der Waals surface area contributed by atoms with E-state index >= 15 is 0 Å². The first-order valence-electron chi connectivity index (χ1n) is 6.76. The number of carbonyl (C=O) groups is 1. The van der Waals surface area contributed by atoms with Crippen LogP contribution in [0.5, 0.6) is 0 Å². The molecule has 1 aromatic heterocycles. The summed E-state index contributed by atoms with van der Waals surface area (Å²) in [6.07, 6.45) is 5.78. The van der Waals surface area contributed by atoms with Crippen LogP contribution in [0.2, 0.25) is 5.15 Å². The lowest BCUT2D eigenvalue weighted by Gasteiger charge is -2.26. The van der Waals surface area contributed by atoms with Crippen molar-refractivity contribution in [3.8, 4) is 0 Å². The summed E-state index contributed by atoms with van der Waals surface area (Å²) in [6, 6.07) is 7.91. The molecular formula is C17H15ClN2O. The fourth-order valence-corrected chi connectivity index (χ4v) is 2.70. The maximum Gasteiger partial charge on any atom is 0.224 e. The molecule has 3 rings (SSSR count). The zero-order valence-electron chi connectivity index (χ0n) is 11.9. The minimum Gasteiger partial charge on any atom is -0.308 e. The number of aromatic nitrogens is 1. The van der Waals surface area contributed by atoms with Gasteiger partial charge in [-0.2, -0.15) is 0 Å². The van der Waals surface area contributed by atoms with E-state index in [-0.39, 0.29) is 5.91 Å². The number of rotatable bonds is 0. The SMILES string of the molecule is CC(=O)N1Cc2cnc(Cl)cc2/C=C\c2cc(C)ccc21. The lowest BCUT2D eigenvalue weighted by Crippen LogP contribution is -2.29. The molecule has 1 aromatic carbocycles. The molecule has 0 atom stereocenters. The van der Waals surface area contributed by atoms with Crippen LogP contribution in [0.4, 0.5) is 5.69 Å². The summed E-state index contributed by atoms with van der Waals surface area (Å²) in [5, 5.41) is 0.456. The Morgan fingerprint density at radius 2 is 2.00 bits per heavy atom. The molecule has 4 heteroatoms. The van der Waals surface area contributed by atoms with Gasteiger partial charge in [-0.05, 0) is 41.8 Å². The minimum absolute atomic E-state index is 0.0105. The van der Waals surface area contributed by atoms with Gasteiger partial charge in [-0.15, -0.1) is 0 Å². The number of pyridine rings is 1. The van der Waals surface area contributed by atoms with E-state index in [9.17, 15) is 4.79 Å². The molecule has 0 N–H and O–H groups in total. The van der Waals surface area contributed by atoms with E-state index in [1.807, 2.05) is 37.3 Å². The Bertz CT molecular complexity index is 752. The lowest BCUT2D eigenvalue weighted by atomic mass is 10.0. The molecule has 0 saturated heterocycles. The molecular weight excluding hydrogens is 284 g/mol. The number of carbonyl (C=O) groups excluding carboxylic acids is 1. The smallest absolute Gasteiger partial charge is 0.224 e. The second-order valence-corrected chi connectivity index (χ2v) is 5.59. The van der Waals surface area contributed by atoms with Crippen LogP contribution in [0.25, 0.3) is 12.2 Å². The van der Waals surface area contributed by atoms with Gasteiger partial charge in [0.1, 0.15) is 5.15 Å². The highest BCUT2D eigenvalue weighted by atomic mass is 35.5. The average Bonchev–Trinajstić information content (AvgIpc) is 2.42. The molecule has 0 radical (unpaired) electrons. The Labute approximate surface area is 128 Å². The van der Waals surface area contributed by atoms with Crippen LogP contribution in [-0.4, -0.2) is 10.9 Å². The average molecular weight is 299 g/mol. The number of amides is 1. The Balaban J connectivity index is 2.21. The van der Waals surface area contributed by atoms with Crippen molar-refractivity contribution in [3.63, 3.8) is 0 Å². The van der Waals surface area contributed by atoms with Crippen LogP contribution >= 0.6 is 11.6 Å². The Morgan fingerprint density at radius 3 is 2.76 bits per heavy atom. The number of hydrogen-bond donors (Lipinski definition) is 0. The minimum atomic E-state index is 0.0105. The molecule has 1 aliphatic rings. The van der Waals surface area contributed by atoms with Crippen LogP contribution in [0.15, 0.2) is 30.5 Å². The second kappa shape index (κ2) is 5.34. The van der Waals surface area contributed by atoms with Crippen LogP contribution in [0, 0.1) is 6.92 Å². The normalized spacial score (nSPS) is 14.7. The second-order valence-electron chi connectivity index (χ2n) is 5.21. The van der Waals surface area contributed by atoms with E-state index in [0.29, 0.717) is 11.7 Å². The predicted molar refractivity (Wildman–Crippen MR) is 86.2 cm³/mol. The number of hydrogen-bond acceptors (Lipinski definition) is 2. The first-order valence-corrected chi connectivity index (χ1v) is 7.13. The van der Waals surface area contributed by atoms with E-state index in [1.54, 1.807) is 18.0 Å². The first kappa shape index (κ1) is 13.8. The number of fused-ring (bicyclic) bond motifs is 2. The van der Waals surface area contributed by atoms with Gasteiger partial charge in [0.2, 0.25) is 5.91 Å². The van der Waals surface area contributed by atoms with Gasteiger partial charge in [-0.1, -0.05) is 35.4 Å². The van der Waals surface area contributed by atoms with Crippen LogP contribution in [0.1, 0.15) is 29.2 Å². The molecule has 1 aliphatic heterocycles. The summed E-state index contributed by atoms with van der Waals surface area (Å²) < 4.78 is 0. The van der Waals surface area contributed by atoms with Crippen molar-refractivity contribution >= 4 is 35.3 Å². The highest BCUT2D eigenvalue weighted by Crippen LogP contribution is 2.30. The van der Waals surface area contributed by atoms with Crippen molar-refractivity contribution in [3.05, 3.63) is 57.9 Å². The third kappa shape index (κ3) is 2.69. The molecule has 1 amide bonds. The molecule has 106 valence electrons. The number of halogens is 1. The van der Waals surface area contributed by atoms with Gasteiger partial charge in [-0.3, -0.25) is 4.79 Å². The summed E-state index contributed by atoms with van der Waals surface area (Å²) in [5.74, 6) is 0.0105. The van der Waals surface area contributed by atoms with Gasteiger partial charge in [0.15, 0.2) is 0 Å². The van der Waals surface area contributed by atoms with Crippen LogP contribution < -0.4 is 4.90 Å². The number of aryl methyl sites for hydroxylation is 1. The van der Waals surface area contributed by atoms with Crippen molar-refractivity contribution < 1.29 is 4.79 Å². The molecule has 2 aromatic rings. The topological polar surface area (TPSA) is 33.2 Å². The standard InChI is InChI=1S/C17H15ClN2O/c1-11-3-6-16-14(7-11)5-4-13-8-17(18)19-9-15(13)10-20(16)12(2)21/h3-9H,10H2,1-2H3/b5-4-. The third-order valence-electron chi connectivity index (χ3n) is 3.61. The largest absolute Gasteiger partial charge is 0.308 e. The molecule has 0 bridgehead atoms. The van der Waals surface area contributed by atoms with Crippen LogP contribution in [-0.2, 0) is 11.3 Å². The summed E-state index contributed by atoms with van der Waals surface area (Å²) in [7, 11) is 0. The summed E-state index contributed by atoms with van der Waals surface area (Å²) in [5.41, 5.74) is 5.09. The van der Waals surface area contributed by atoms with E-state index < -0.39 is 0 Å². The van der Waals surface area contributed by atoms with E-state index in [4.69, 9.17) is 11.6 Å². The molecule has 0 unspecified atom stereocenters. The summed E-state index contributed by atoms with van der Waals surface area (Å²) in [6.45, 7) is 4.12. The first-order chi connectivity index (χ1) is 10.0. The Hall–Kier alpha value is -2.13. The van der Waals surface area contributed by atoms with Crippen molar-refractivity contribution in [1.29, 1.82) is 0 Å². The quantitative estimate of drug-likeness (QED) is 0.687. The van der Waals surface area contributed by atoms with Gasteiger partial charge in [0, 0.05) is 13.1 Å². The molecule has 3 nitrogen and oxygen atoms in total.